The van der Waals surface area contributed by atoms with Gasteiger partial charge in [0.2, 0.25) is 0 Å². The van der Waals surface area contributed by atoms with E-state index >= 15 is 0 Å². The third kappa shape index (κ3) is 2.35. The Bertz CT molecular complexity index is 345. The molecule has 1 aromatic carbocycles. The van der Waals surface area contributed by atoms with E-state index in [1.807, 2.05) is 0 Å². The zero-order valence-electron chi connectivity index (χ0n) is 8.21. The number of aromatic hydroxyl groups is 2. The number of hydrogen-bond acceptors (Lipinski definition) is 3. The quantitative estimate of drug-likeness (QED) is 0.632. The third-order valence-electron chi connectivity index (χ3n) is 1.83. The Balaban J connectivity index is 3.06. The average molecular weight is 199 g/mol. The Hall–Kier alpha value is -1.29. The van der Waals surface area contributed by atoms with E-state index in [9.17, 15) is 9.50 Å². The number of benzene rings is 1. The van der Waals surface area contributed by atoms with Crippen LogP contribution in [0, 0.1) is 5.82 Å². The first-order valence-corrected chi connectivity index (χ1v) is 4.29. The number of phenolic OH excluding ortho intramolecular Hbond substituents is 2. The van der Waals surface area contributed by atoms with Crippen LogP contribution in [0.25, 0.3) is 0 Å². The van der Waals surface area contributed by atoms with Crippen LogP contribution in [0.3, 0.4) is 0 Å². The van der Waals surface area contributed by atoms with Gasteiger partial charge in [-0.1, -0.05) is 6.07 Å². The molecule has 0 radical (unpaired) electrons. The lowest BCUT2D eigenvalue weighted by molar-refractivity contribution is 0.371. The van der Waals surface area contributed by atoms with Crippen molar-refractivity contribution in [3.05, 3.63) is 23.5 Å². The fourth-order valence-electron chi connectivity index (χ4n) is 1.23. The van der Waals surface area contributed by atoms with Gasteiger partial charge in [0, 0.05) is 5.54 Å². The van der Waals surface area contributed by atoms with Crippen molar-refractivity contribution < 1.29 is 14.6 Å². The highest BCUT2D eigenvalue weighted by molar-refractivity contribution is 5.45. The second kappa shape index (κ2) is 3.46. The minimum atomic E-state index is -0.832. The Morgan fingerprint density at radius 3 is 2.36 bits per heavy atom. The number of hydrogen-bond donors (Lipinski definition) is 3. The first-order chi connectivity index (χ1) is 6.31. The Morgan fingerprint density at radius 2 is 1.86 bits per heavy atom. The molecule has 0 amide bonds. The maximum Gasteiger partial charge on any atom is 0.194 e. The van der Waals surface area contributed by atoms with E-state index in [4.69, 9.17) is 10.8 Å². The minimum Gasteiger partial charge on any atom is -0.504 e. The van der Waals surface area contributed by atoms with E-state index < -0.39 is 22.9 Å². The Kier molecular flexibility index (Phi) is 2.66. The van der Waals surface area contributed by atoms with E-state index in [-0.39, 0.29) is 0 Å². The van der Waals surface area contributed by atoms with Crippen LogP contribution in [0.4, 0.5) is 4.39 Å². The molecule has 78 valence electrons. The van der Waals surface area contributed by atoms with Gasteiger partial charge in [-0.25, -0.2) is 4.39 Å². The lowest BCUT2D eigenvalue weighted by Gasteiger charge is -2.19. The molecule has 0 heterocycles. The molecule has 0 atom stereocenters. The molecule has 0 fully saturated rings. The van der Waals surface area contributed by atoms with Gasteiger partial charge in [-0.2, -0.15) is 0 Å². The van der Waals surface area contributed by atoms with Crippen LogP contribution in [-0.4, -0.2) is 15.8 Å². The lowest BCUT2D eigenvalue weighted by atomic mass is 9.95. The van der Waals surface area contributed by atoms with Gasteiger partial charge in [0.05, 0.1) is 0 Å². The molecular weight excluding hydrogens is 185 g/mol. The van der Waals surface area contributed by atoms with Gasteiger partial charge in [0.25, 0.3) is 0 Å². The first kappa shape index (κ1) is 10.8. The summed E-state index contributed by atoms with van der Waals surface area (Å²) < 4.78 is 12.8. The van der Waals surface area contributed by atoms with E-state index in [1.54, 1.807) is 13.8 Å². The van der Waals surface area contributed by atoms with Gasteiger partial charge in [-0.05, 0) is 31.9 Å². The topological polar surface area (TPSA) is 66.5 Å². The summed E-state index contributed by atoms with van der Waals surface area (Å²) in [5, 5.41) is 18.5. The molecule has 0 bridgehead atoms. The molecule has 1 rings (SSSR count). The van der Waals surface area contributed by atoms with Crippen LogP contribution >= 0.6 is 0 Å². The molecule has 0 saturated heterocycles. The highest BCUT2D eigenvalue weighted by atomic mass is 19.1. The van der Waals surface area contributed by atoms with Crippen molar-refractivity contribution in [3.8, 4) is 11.5 Å². The predicted molar refractivity (Wildman–Crippen MR) is 51.7 cm³/mol. The summed E-state index contributed by atoms with van der Waals surface area (Å²) in [7, 11) is 0. The summed E-state index contributed by atoms with van der Waals surface area (Å²) in [6, 6.07) is 2.52. The van der Waals surface area contributed by atoms with Crippen LogP contribution < -0.4 is 5.73 Å². The van der Waals surface area contributed by atoms with Crippen LogP contribution in [0.1, 0.15) is 19.4 Å². The molecule has 0 aliphatic carbocycles. The largest absolute Gasteiger partial charge is 0.504 e. The molecule has 0 spiro atoms. The van der Waals surface area contributed by atoms with Crippen LogP contribution in [-0.2, 0) is 6.42 Å². The van der Waals surface area contributed by atoms with E-state index in [2.05, 4.69) is 0 Å². The molecule has 4 heteroatoms. The molecule has 1 aromatic rings. The normalized spacial score (nSPS) is 11.7. The predicted octanol–water partition coefficient (Wildman–Crippen LogP) is 1.52. The van der Waals surface area contributed by atoms with Crippen molar-refractivity contribution in [2.24, 2.45) is 5.73 Å². The highest BCUT2D eigenvalue weighted by Crippen LogP contribution is 2.32. The number of halogens is 1. The summed E-state index contributed by atoms with van der Waals surface area (Å²) in [6.45, 7) is 3.57. The SMILES string of the molecule is CC(C)(N)Cc1ccc(F)c(O)c1O. The minimum absolute atomic E-state index is 0.368. The summed E-state index contributed by atoms with van der Waals surface area (Å²) in [5.41, 5.74) is 5.67. The average Bonchev–Trinajstić information content (AvgIpc) is 2.04. The Labute approximate surface area is 82.0 Å². The maximum atomic E-state index is 12.8. The molecule has 0 aromatic heterocycles. The smallest absolute Gasteiger partial charge is 0.194 e. The standard InChI is InChI=1S/C10H14FNO2/c1-10(2,12)5-6-3-4-7(11)9(14)8(6)13/h3-4,13-14H,5,12H2,1-2H3. The van der Waals surface area contributed by atoms with Crippen molar-refractivity contribution >= 4 is 0 Å². The molecule has 3 nitrogen and oxygen atoms in total. The maximum absolute atomic E-state index is 12.8. The number of phenols is 2. The van der Waals surface area contributed by atoms with Gasteiger partial charge in [-0.15, -0.1) is 0 Å². The van der Waals surface area contributed by atoms with Crippen LogP contribution in [0.2, 0.25) is 0 Å². The zero-order valence-corrected chi connectivity index (χ0v) is 8.21. The first-order valence-electron chi connectivity index (χ1n) is 4.29. The van der Waals surface area contributed by atoms with Crippen molar-refractivity contribution in [1.82, 2.24) is 0 Å². The van der Waals surface area contributed by atoms with E-state index in [1.165, 1.54) is 6.07 Å². The fraction of sp³-hybridized carbons (Fsp3) is 0.400. The Morgan fingerprint density at radius 1 is 1.29 bits per heavy atom. The highest BCUT2D eigenvalue weighted by Gasteiger charge is 2.17. The van der Waals surface area contributed by atoms with Crippen molar-refractivity contribution in [2.45, 2.75) is 25.8 Å². The molecule has 0 aliphatic heterocycles. The molecule has 0 saturated carbocycles. The van der Waals surface area contributed by atoms with Gasteiger partial charge in [-0.3, -0.25) is 0 Å². The molecular formula is C10H14FNO2. The van der Waals surface area contributed by atoms with Crippen LogP contribution in [0.15, 0.2) is 12.1 Å². The van der Waals surface area contributed by atoms with Crippen LogP contribution in [0.5, 0.6) is 11.5 Å². The number of nitrogens with two attached hydrogens (primary N) is 1. The molecule has 0 unspecified atom stereocenters. The van der Waals surface area contributed by atoms with E-state index in [0.717, 1.165) is 6.07 Å². The molecule has 0 aliphatic rings. The molecule has 4 N–H and O–H groups in total. The van der Waals surface area contributed by atoms with Gasteiger partial charge in [0.15, 0.2) is 17.3 Å². The van der Waals surface area contributed by atoms with Crippen molar-refractivity contribution in [1.29, 1.82) is 0 Å². The molecule has 14 heavy (non-hydrogen) atoms. The van der Waals surface area contributed by atoms with Crippen molar-refractivity contribution in [2.75, 3.05) is 0 Å². The summed E-state index contributed by atoms with van der Waals surface area (Å²) in [5.74, 6) is -1.98. The number of rotatable bonds is 2. The second-order valence-electron chi connectivity index (χ2n) is 4.07. The summed E-state index contributed by atoms with van der Waals surface area (Å²) in [6.07, 6.45) is 0.368. The summed E-state index contributed by atoms with van der Waals surface area (Å²) >= 11 is 0. The zero-order chi connectivity index (χ0) is 10.9. The van der Waals surface area contributed by atoms with Gasteiger partial charge < -0.3 is 15.9 Å². The second-order valence-corrected chi connectivity index (χ2v) is 4.07. The third-order valence-corrected chi connectivity index (χ3v) is 1.83. The summed E-state index contributed by atoms with van der Waals surface area (Å²) in [4.78, 5) is 0. The van der Waals surface area contributed by atoms with Gasteiger partial charge >= 0.3 is 0 Å². The van der Waals surface area contributed by atoms with E-state index in [0.29, 0.717) is 12.0 Å². The lowest BCUT2D eigenvalue weighted by Crippen LogP contribution is -2.34. The van der Waals surface area contributed by atoms with Gasteiger partial charge in [0.1, 0.15) is 0 Å². The fourth-order valence-corrected chi connectivity index (χ4v) is 1.23. The monoisotopic (exact) mass is 199 g/mol. The van der Waals surface area contributed by atoms with Crippen molar-refractivity contribution in [3.63, 3.8) is 0 Å².